The summed E-state index contributed by atoms with van der Waals surface area (Å²) >= 11 is 0. The van der Waals surface area contributed by atoms with Crippen LogP contribution in [0.4, 0.5) is 0 Å². The maximum atomic E-state index is 12.4. The van der Waals surface area contributed by atoms with Gasteiger partial charge in [0, 0.05) is 18.8 Å². The van der Waals surface area contributed by atoms with Gasteiger partial charge < -0.3 is 14.4 Å². The summed E-state index contributed by atoms with van der Waals surface area (Å²) in [7, 11) is 0. The molecule has 0 radical (unpaired) electrons. The maximum Gasteiger partial charge on any atom is 0.223 e. The van der Waals surface area contributed by atoms with E-state index in [4.69, 9.17) is 4.74 Å². The van der Waals surface area contributed by atoms with Crippen molar-refractivity contribution in [3.63, 3.8) is 0 Å². The van der Waals surface area contributed by atoms with Gasteiger partial charge in [-0.05, 0) is 59.3 Å². The van der Waals surface area contributed by atoms with E-state index in [0.717, 1.165) is 48.2 Å². The molecule has 0 atom stereocenters. The number of rotatable bonds is 8. The number of nitrogens with zero attached hydrogens (tertiary/aromatic N) is 1. The monoisotopic (exact) mass is 475 g/mol. The van der Waals surface area contributed by atoms with Crippen molar-refractivity contribution in [1.29, 1.82) is 0 Å². The van der Waals surface area contributed by atoms with Gasteiger partial charge in [-0.1, -0.05) is 84.0 Å². The molecule has 35 heavy (non-hydrogen) atoms. The molecule has 0 aliphatic heterocycles. The molecule has 188 valence electrons. The fourth-order valence-electron chi connectivity index (χ4n) is 4.39. The smallest absolute Gasteiger partial charge is 0.223 e. The van der Waals surface area contributed by atoms with Crippen molar-refractivity contribution in [2.45, 2.75) is 91.7 Å². The molecule has 4 nitrogen and oxygen atoms in total. The molecule has 1 N–H and O–H groups in total. The molecule has 0 saturated carbocycles. The van der Waals surface area contributed by atoms with E-state index in [2.05, 4.69) is 58.2 Å². The van der Waals surface area contributed by atoms with Gasteiger partial charge in [-0.15, -0.1) is 0 Å². The number of aromatic nitrogens is 1. The van der Waals surface area contributed by atoms with Crippen molar-refractivity contribution in [2.24, 2.45) is 0 Å². The Kier molecular flexibility index (Phi) is 8.15. The predicted molar refractivity (Wildman–Crippen MR) is 145 cm³/mol. The molecular formula is C31H41NO3. The maximum absolute atomic E-state index is 12.4. The number of hydrogen-bond donors (Lipinski definition) is 1. The number of hydrogen-bond acceptors (Lipinski definition) is 3. The van der Waals surface area contributed by atoms with Crippen LogP contribution in [0.15, 0.2) is 59.5 Å². The number of phenols is 1. The molecule has 0 fully saturated rings. The molecule has 0 saturated heterocycles. The fourth-order valence-corrected chi connectivity index (χ4v) is 4.39. The minimum atomic E-state index is -0.122. The van der Waals surface area contributed by atoms with Crippen molar-refractivity contribution < 1.29 is 9.84 Å². The third-order valence-electron chi connectivity index (χ3n) is 6.52. The van der Waals surface area contributed by atoms with Crippen LogP contribution in [0.5, 0.6) is 11.5 Å². The van der Waals surface area contributed by atoms with Gasteiger partial charge in [0.15, 0.2) is 5.75 Å². The lowest BCUT2D eigenvalue weighted by Gasteiger charge is -2.28. The fraction of sp³-hybridized carbons (Fsp3) is 0.452. The second kappa shape index (κ2) is 10.7. The van der Waals surface area contributed by atoms with Gasteiger partial charge in [0.25, 0.3) is 0 Å². The topological polar surface area (TPSA) is 51.5 Å². The minimum Gasteiger partial charge on any atom is -0.507 e. The third kappa shape index (κ3) is 6.78. The Morgan fingerprint density at radius 2 is 1.46 bits per heavy atom. The zero-order chi connectivity index (χ0) is 25.8. The third-order valence-corrected chi connectivity index (χ3v) is 6.52. The van der Waals surface area contributed by atoms with E-state index in [1.54, 1.807) is 6.07 Å². The van der Waals surface area contributed by atoms with E-state index in [0.29, 0.717) is 18.1 Å². The quantitative estimate of drug-likeness (QED) is 0.355. The van der Waals surface area contributed by atoms with E-state index in [1.807, 2.05) is 43.5 Å². The highest BCUT2D eigenvalue weighted by molar-refractivity contribution is 5.50. The zero-order valence-corrected chi connectivity index (χ0v) is 22.4. The summed E-state index contributed by atoms with van der Waals surface area (Å²) in [6.07, 6.45) is 4.81. The number of aromatic hydroxyl groups is 1. The van der Waals surface area contributed by atoms with Crippen LogP contribution < -0.4 is 10.2 Å². The average Bonchev–Trinajstić information content (AvgIpc) is 2.77. The normalized spacial score (nSPS) is 12.1. The van der Waals surface area contributed by atoms with E-state index in [-0.39, 0.29) is 16.3 Å². The van der Waals surface area contributed by atoms with Crippen molar-refractivity contribution in [3.8, 4) is 11.5 Å². The molecule has 3 aromatic rings. The van der Waals surface area contributed by atoms with Crippen molar-refractivity contribution >= 4 is 0 Å². The Bertz CT molecular complexity index is 1160. The molecule has 0 aliphatic rings. The standard InChI is InChI=1S/C31H41NO3/c1-22-29(35-21-23-13-9-8-10-14-23)27(33)16-18-32(22)17-12-11-15-24-19-25(30(2,3)4)28(34)26(20-24)31(5,6)7/h8-10,13-14,16,18-20,34H,11-12,15,17,21H2,1-7H3. The Morgan fingerprint density at radius 1 is 0.857 bits per heavy atom. The first-order valence-electron chi connectivity index (χ1n) is 12.6. The summed E-state index contributed by atoms with van der Waals surface area (Å²) in [5, 5.41) is 11.0. The second-order valence-corrected chi connectivity index (χ2v) is 11.6. The summed E-state index contributed by atoms with van der Waals surface area (Å²) in [5.74, 6) is 0.861. The Hall–Kier alpha value is -3.01. The molecule has 2 aromatic carbocycles. The number of benzene rings is 2. The minimum absolute atomic E-state index is 0.0804. The van der Waals surface area contributed by atoms with Gasteiger partial charge in [0.2, 0.25) is 5.43 Å². The van der Waals surface area contributed by atoms with E-state index >= 15 is 0 Å². The Balaban J connectivity index is 1.68. The van der Waals surface area contributed by atoms with Crippen LogP contribution in [0.25, 0.3) is 0 Å². The molecule has 0 unspecified atom stereocenters. The Labute approximate surface area is 210 Å². The summed E-state index contributed by atoms with van der Waals surface area (Å²) < 4.78 is 8.02. The first-order chi connectivity index (χ1) is 16.4. The van der Waals surface area contributed by atoms with Gasteiger partial charge in [-0.3, -0.25) is 4.79 Å². The molecule has 1 heterocycles. The molecule has 1 aromatic heterocycles. The molecule has 0 spiro atoms. The van der Waals surface area contributed by atoms with Gasteiger partial charge in [-0.2, -0.15) is 0 Å². The largest absolute Gasteiger partial charge is 0.507 e. The number of ether oxygens (including phenoxy) is 1. The highest BCUT2D eigenvalue weighted by Gasteiger charge is 2.26. The van der Waals surface area contributed by atoms with Crippen LogP contribution in [-0.4, -0.2) is 9.67 Å². The lowest BCUT2D eigenvalue weighted by atomic mass is 9.78. The van der Waals surface area contributed by atoms with Crippen molar-refractivity contribution in [3.05, 3.63) is 92.9 Å². The lowest BCUT2D eigenvalue weighted by molar-refractivity contribution is 0.296. The van der Waals surface area contributed by atoms with E-state index < -0.39 is 0 Å². The van der Waals surface area contributed by atoms with Crippen LogP contribution >= 0.6 is 0 Å². The summed E-state index contributed by atoms with van der Waals surface area (Å²) in [5.41, 5.74) is 4.87. The van der Waals surface area contributed by atoms with Crippen LogP contribution in [0, 0.1) is 6.92 Å². The highest BCUT2D eigenvalue weighted by Crippen LogP contribution is 2.40. The SMILES string of the molecule is Cc1c(OCc2ccccc2)c(=O)ccn1CCCCc1cc(C(C)(C)C)c(O)c(C(C)(C)C)c1. The average molecular weight is 476 g/mol. The summed E-state index contributed by atoms with van der Waals surface area (Å²) in [6, 6.07) is 15.8. The summed E-state index contributed by atoms with van der Waals surface area (Å²) in [6.45, 7) is 16.0. The lowest BCUT2D eigenvalue weighted by Crippen LogP contribution is -2.18. The zero-order valence-electron chi connectivity index (χ0n) is 22.4. The summed E-state index contributed by atoms with van der Waals surface area (Å²) in [4.78, 5) is 12.4. The number of aryl methyl sites for hydroxylation is 2. The van der Waals surface area contributed by atoms with E-state index in [1.165, 1.54) is 5.56 Å². The van der Waals surface area contributed by atoms with Crippen molar-refractivity contribution in [2.75, 3.05) is 0 Å². The van der Waals surface area contributed by atoms with E-state index in [9.17, 15) is 9.90 Å². The second-order valence-electron chi connectivity index (χ2n) is 11.6. The first kappa shape index (κ1) is 26.6. The van der Waals surface area contributed by atoms with Gasteiger partial charge in [0.1, 0.15) is 12.4 Å². The van der Waals surface area contributed by atoms with Crippen LogP contribution in [0.1, 0.15) is 82.3 Å². The van der Waals surface area contributed by atoms with Crippen LogP contribution in [0.2, 0.25) is 0 Å². The molecule has 3 rings (SSSR count). The molecule has 0 bridgehead atoms. The van der Waals surface area contributed by atoms with Crippen LogP contribution in [0.3, 0.4) is 0 Å². The van der Waals surface area contributed by atoms with Crippen molar-refractivity contribution in [1.82, 2.24) is 4.57 Å². The van der Waals surface area contributed by atoms with Gasteiger partial charge >= 0.3 is 0 Å². The molecule has 4 heteroatoms. The van der Waals surface area contributed by atoms with Gasteiger partial charge in [-0.25, -0.2) is 0 Å². The highest BCUT2D eigenvalue weighted by atomic mass is 16.5. The number of unbranched alkanes of at least 4 members (excludes halogenated alkanes) is 1. The predicted octanol–water partition coefficient (Wildman–Crippen LogP) is 7.06. The number of pyridine rings is 1. The van der Waals surface area contributed by atoms with Gasteiger partial charge in [0.05, 0.1) is 5.69 Å². The molecule has 0 amide bonds. The first-order valence-corrected chi connectivity index (χ1v) is 12.6. The van der Waals surface area contributed by atoms with Crippen LogP contribution in [-0.2, 0) is 30.4 Å². The Morgan fingerprint density at radius 3 is 2.03 bits per heavy atom. The molecular weight excluding hydrogens is 434 g/mol. The number of phenolic OH excluding ortho intramolecular Hbond substituents is 1. The molecule has 0 aliphatic carbocycles.